The average Bonchev–Trinajstić information content (AvgIpc) is 2.33. The highest BCUT2D eigenvalue weighted by Gasteiger charge is 2.02. The minimum absolute atomic E-state index is 0.345. The zero-order valence-corrected chi connectivity index (χ0v) is 10.7. The highest BCUT2D eigenvalue weighted by Crippen LogP contribution is 2.22. The van der Waals surface area contributed by atoms with E-state index >= 15 is 0 Å². The van der Waals surface area contributed by atoms with Gasteiger partial charge in [0.2, 0.25) is 5.95 Å². The summed E-state index contributed by atoms with van der Waals surface area (Å²) < 4.78 is 1.02. The molecule has 0 fully saturated rings. The second-order valence-corrected chi connectivity index (χ2v) is 4.38. The van der Waals surface area contributed by atoms with Crippen LogP contribution < -0.4 is 5.32 Å². The molecule has 0 aliphatic carbocycles. The maximum atomic E-state index is 8.74. The van der Waals surface area contributed by atoms with Crippen molar-refractivity contribution in [2.75, 3.05) is 5.32 Å². The van der Waals surface area contributed by atoms with E-state index in [1.807, 2.05) is 31.2 Å². The summed E-state index contributed by atoms with van der Waals surface area (Å²) >= 11 is 3.40. The fourth-order valence-electron chi connectivity index (χ4n) is 1.37. The smallest absolute Gasteiger partial charge is 0.228 e. The Hall–Kier alpha value is -1.93. The van der Waals surface area contributed by atoms with Crippen LogP contribution >= 0.6 is 15.9 Å². The van der Waals surface area contributed by atoms with Crippen LogP contribution in [-0.2, 0) is 0 Å². The monoisotopic (exact) mass is 288 g/mol. The van der Waals surface area contributed by atoms with Crippen molar-refractivity contribution in [2.45, 2.75) is 6.92 Å². The van der Waals surface area contributed by atoms with Crippen molar-refractivity contribution in [3.63, 3.8) is 0 Å². The highest BCUT2D eigenvalue weighted by molar-refractivity contribution is 9.10. The molecule has 5 heteroatoms. The summed E-state index contributed by atoms with van der Waals surface area (Å²) in [6.45, 7) is 1.99. The molecular formula is C12H9BrN4. The summed E-state index contributed by atoms with van der Waals surface area (Å²) in [5.41, 5.74) is 2.34. The number of nitriles is 1. The lowest BCUT2D eigenvalue weighted by Crippen LogP contribution is -1.99. The number of hydrogen-bond acceptors (Lipinski definition) is 4. The Kier molecular flexibility index (Phi) is 3.35. The Morgan fingerprint density at radius 1 is 1.35 bits per heavy atom. The van der Waals surface area contributed by atoms with E-state index in [9.17, 15) is 0 Å². The minimum Gasteiger partial charge on any atom is -0.324 e. The maximum Gasteiger partial charge on any atom is 0.228 e. The summed E-state index contributed by atoms with van der Waals surface area (Å²) in [7, 11) is 0. The van der Waals surface area contributed by atoms with Gasteiger partial charge in [0, 0.05) is 16.4 Å². The van der Waals surface area contributed by atoms with Crippen molar-refractivity contribution in [1.29, 1.82) is 5.26 Å². The molecule has 0 aliphatic rings. The van der Waals surface area contributed by atoms with Gasteiger partial charge in [-0.1, -0.05) is 15.9 Å². The SMILES string of the molecule is Cc1cc(Br)ccc1Nc1nccc(C#N)n1. The number of benzene rings is 1. The van der Waals surface area contributed by atoms with Gasteiger partial charge in [-0.2, -0.15) is 5.26 Å². The fraction of sp³-hybridized carbons (Fsp3) is 0.0833. The molecule has 0 spiro atoms. The van der Waals surface area contributed by atoms with Crippen LogP contribution in [0.25, 0.3) is 0 Å². The number of nitrogens with one attached hydrogen (secondary N) is 1. The van der Waals surface area contributed by atoms with Crippen LogP contribution in [0.2, 0.25) is 0 Å². The van der Waals surface area contributed by atoms with Gasteiger partial charge in [-0.05, 0) is 36.8 Å². The largest absolute Gasteiger partial charge is 0.324 e. The number of rotatable bonds is 2. The number of aromatic nitrogens is 2. The summed E-state index contributed by atoms with van der Waals surface area (Å²) in [5.74, 6) is 0.425. The van der Waals surface area contributed by atoms with Crippen LogP contribution in [0.5, 0.6) is 0 Å². The molecule has 1 heterocycles. The van der Waals surface area contributed by atoms with Crippen molar-refractivity contribution in [3.05, 3.63) is 46.2 Å². The second-order valence-electron chi connectivity index (χ2n) is 3.46. The molecule has 2 rings (SSSR count). The first-order chi connectivity index (χ1) is 8.19. The Balaban J connectivity index is 2.28. The lowest BCUT2D eigenvalue weighted by atomic mass is 10.2. The van der Waals surface area contributed by atoms with Gasteiger partial charge in [-0.15, -0.1) is 0 Å². The Labute approximate surface area is 107 Å². The van der Waals surface area contributed by atoms with E-state index in [1.165, 1.54) is 0 Å². The fourth-order valence-corrected chi connectivity index (χ4v) is 1.84. The Morgan fingerprint density at radius 3 is 2.88 bits per heavy atom. The number of nitrogens with zero attached hydrogens (tertiary/aromatic N) is 3. The van der Waals surface area contributed by atoms with E-state index in [0.29, 0.717) is 11.6 Å². The molecule has 0 radical (unpaired) electrons. The number of aryl methyl sites for hydroxylation is 1. The molecule has 1 aromatic carbocycles. The molecule has 0 atom stereocenters. The first-order valence-corrected chi connectivity index (χ1v) is 5.74. The third-order valence-corrected chi connectivity index (χ3v) is 2.70. The standard InChI is InChI=1S/C12H9BrN4/c1-8-6-9(13)2-3-11(8)17-12-15-5-4-10(7-14)16-12/h2-6H,1H3,(H,15,16,17). The van der Waals surface area contributed by atoms with E-state index in [2.05, 4.69) is 31.2 Å². The summed E-state index contributed by atoms with van der Waals surface area (Å²) in [6, 6.07) is 9.41. The minimum atomic E-state index is 0.345. The number of halogens is 1. The molecule has 0 saturated carbocycles. The molecule has 0 saturated heterocycles. The van der Waals surface area contributed by atoms with Crippen LogP contribution in [0.3, 0.4) is 0 Å². The van der Waals surface area contributed by atoms with Gasteiger partial charge >= 0.3 is 0 Å². The van der Waals surface area contributed by atoms with Crippen LogP contribution in [0, 0.1) is 18.3 Å². The Morgan fingerprint density at radius 2 is 2.18 bits per heavy atom. The van der Waals surface area contributed by atoms with Gasteiger partial charge in [0.25, 0.3) is 0 Å². The summed E-state index contributed by atoms with van der Waals surface area (Å²) in [6.07, 6.45) is 1.56. The zero-order valence-electron chi connectivity index (χ0n) is 9.11. The maximum absolute atomic E-state index is 8.74. The van der Waals surface area contributed by atoms with Crippen LogP contribution in [0.1, 0.15) is 11.3 Å². The second kappa shape index (κ2) is 4.93. The predicted octanol–water partition coefficient (Wildman–Crippen LogP) is 3.16. The average molecular weight is 289 g/mol. The molecule has 0 aliphatic heterocycles. The molecule has 4 nitrogen and oxygen atoms in total. The molecular weight excluding hydrogens is 280 g/mol. The third kappa shape index (κ3) is 2.80. The van der Waals surface area contributed by atoms with Crippen molar-refractivity contribution in [2.24, 2.45) is 0 Å². The molecule has 0 amide bonds. The molecule has 0 unspecified atom stereocenters. The van der Waals surface area contributed by atoms with Crippen molar-refractivity contribution < 1.29 is 0 Å². The summed E-state index contributed by atoms with van der Waals surface area (Å²) in [4.78, 5) is 8.12. The molecule has 0 bridgehead atoms. The summed E-state index contributed by atoms with van der Waals surface area (Å²) in [5, 5.41) is 11.8. The predicted molar refractivity (Wildman–Crippen MR) is 68.9 cm³/mol. The molecule has 17 heavy (non-hydrogen) atoms. The van der Waals surface area contributed by atoms with Crippen molar-refractivity contribution >= 4 is 27.6 Å². The van der Waals surface area contributed by atoms with Gasteiger partial charge in [0.15, 0.2) is 0 Å². The first kappa shape index (κ1) is 11.6. The normalized spacial score (nSPS) is 9.71. The van der Waals surface area contributed by atoms with Crippen LogP contribution in [0.15, 0.2) is 34.9 Å². The van der Waals surface area contributed by atoms with E-state index in [1.54, 1.807) is 12.3 Å². The molecule has 1 aromatic heterocycles. The Bertz CT molecular complexity index is 589. The van der Waals surface area contributed by atoms with Crippen LogP contribution in [0.4, 0.5) is 11.6 Å². The third-order valence-electron chi connectivity index (χ3n) is 2.21. The topological polar surface area (TPSA) is 61.6 Å². The van der Waals surface area contributed by atoms with E-state index < -0.39 is 0 Å². The van der Waals surface area contributed by atoms with Gasteiger partial charge < -0.3 is 5.32 Å². The molecule has 2 aromatic rings. The lowest BCUT2D eigenvalue weighted by molar-refractivity contribution is 1.14. The van der Waals surface area contributed by atoms with Gasteiger partial charge in [-0.3, -0.25) is 0 Å². The quantitative estimate of drug-likeness (QED) is 0.922. The van der Waals surface area contributed by atoms with E-state index in [-0.39, 0.29) is 0 Å². The van der Waals surface area contributed by atoms with E-state index in [4.69, 9.17) is 5.26 Å². The van der Waals surface area contributed by atoms with Crippen LogP contribution in [-0.4, -0.2) is 9.97 Å². The zero-order chi connectivity index (χ0) is 12.3. The van der Waals surface area contributed by atoms with Crippen molar-refractivity contribution in [3.8, 4) is 6.07 Å². The van der Waals surface area contributed by atoms with Gasteiger partial charge in [-0.25, -0.2) is 9.97 Å². The number of hydrogen-bond donors (Lipinski definition) is 1. The lowest BCUT2D eigenvalue weighted by Gasteiger charge is -2.08. The molecule has 84 valence electrons. The van der Waals surface area contributed by atoms with Gasteiger partial charge in [0.1, 0.15) is 11.8 Å². The highest BCUT2D eigenvalue weighted by atomic mass is 79.9. The molecule has 1 N–H and O–H groups in total. The van der Waals surface area contributed by atoms with E-state index in [0.717, 1.165) is 15.7 Å². The first-order valence-electron chi connectivity index (χ1n) is 4.95. The van der Waals surface area contributed by atoms with Gasteiger partial charge in [0.05, 0.1) is 0 Å². The number of anilines is 2. The van der Waals surface area contributed by atoms with Crippen molar-refractivity contribution in [1.82, 2.24) is 9.97 Å².